The molecule has 116 valence electrons. The predicted molar refractivity (Wildman–Crippen MR) is 96.4 cm³/mol. The number of allylic oxidation sites excluding steroid dienone is 2. The molecule has 1 nitrogen and oxygen atoms in total. The van der Waals surface area contributed by atoms with Crippen LogP contribution in [0.4, 0.5) is 5.69 Å². The van der Waals surface area contributed by atoms with Crippen LogP contribution in [-0.4, -0.2) is 7.05 Å². The summed E-state index contributed by atoms with van der Waals surface area (Å²) in [6.07, 6.45) is 0. The first kappa shape index (κ1) is 16.5. The predicted octanol–water partition coefficient (Wildman–Crippen LogP) is 5.99. The van der Waals surface area contributed by atoms with E-state index in [1.165, 1.54) is 43.4 Å². The van der Waals surface area contributed by atoms with Crippen LogP contribution >= 0.6 is 11.8 Å². The third-order valence-electron chi connectivity index (χ3n) is 4.83. The highest BCUT2D eigenvalue weighted by atomic mass is 32.2. The standard InChI is InChI=1S/C19H29NS/c1-10(2)16-18(11(3)4)21-19-15(8)13(6)12(5)14(7)17(19)20(16)9/h10-11H,1-9H3. The average molecular weight is 304 g/mol. The molecule has 0 N–H and O–H groups in total. The molecule has 1 aliphatic rings. The van der Waals surface area contributed by atoms with Crippen molar-refractivity contribution in [2.24, 2.45) is 11.8 Å². The monoisotopic (exact) mass is 303 g/mol. The van der Waals surface area contributed by atoms with E-state index in [0.717, 1.165) is 0 Å². The summed E-state index contributed by atoms with van der Waals surface area (Å²) in [5.41, 5.74) is 8.69. The van der Waals surface area contributed by atoms with Crippen molar-refractivity contribution in [3.05, 3.63) is 32.9 Å². The number of nitrogens with zero attached hydrogens (tertiary/aromatic N) is 1. The minimum atomic E-state index is 0.550. The molecule has 0 amide bonds. The molecule has 1 aromatic carbocycles. The molecule has 0 atom stereocenters. The highest BCUT2D eigenvalue weighted by Gasteiger charge is 2.30. The summed E-state index contributed by atoms with van der Waals surface area (Å²) in [6, 6.07) is 0. The Morgan fingerprint density at radius 3 is 1.76 bits per heavy atom. The molecule has 0 saturated carbocycles. The fraction of sp³-hybridized carbons (Fsp3) is 0.579. The van der Waals surface area contributed by atoms with Gasteiger partial charge in [0.25, 0.3) is 0 Å². The van der Waals surface area contributed by atoms with E-state index in [2.05, 4.69) is 67.3 Å². The molecule has 0 spiro atoms. The number of anilines is 1. The lowest BCUT2D eigenvalue weighted by atomic mass is 9.95. The lowest BCUT2D eigenvalue weighted by Gasteiger charge is -2.38. The van der Waals surface area contributed by atoms with Crippen LogP contribution in [0, 0.1) is 39.5 Å². The van der Waals surface area contributed by atoms with E-state index in [4.69, 9.17) is 0 Å². The molecular weight excluding hydrogens is 274 g/mol. The largest absolute Gasteiger partial charge is 0.346 e. The Kier molecular flexibility index (Phi) is 4.49. The second kappa shape index (κ2) is 5.72. The van der Waals surface area contributed by atoms with Gasteiger partial charge in [0.2, 0.25) is 0 Å². The van der Waals surface area contributed by atoms with Gasteiger partial charge in [-0.25, -0.2) is 0 Å². The molecule has 1 heterocycles. The van der Waals surface area contributed by atoms with Crippen molar-refractivity contribution in [2.75, 3.05) is 11.9 Å². The van der Waals surface area contributed by atoms with E-state index in [9.17, 15) is 0 Å². The fourth-order valence-corrected chi connectivity index (χ4v) is 4.95. The van der Waals surface area contributed by atoms with Gasteiger partial charge in [0.1, 0.15) is 0 Å². The van der Waals surface area contributed by atoms with Crippen molar-refractivity contribution in [2.45, 2.75) is 60.3 Å². The first-order valence-corrected chi connectivity index (χ1v) is 8.76. The van der Waals surface area contributed by atoms with Crippen LogP contribution in [-0.2, 0) is 0 Å². The number of benzene rings is 1. The topological polar surface area (TPSA) is 3.24 Å². The highest BCUT2D eigenvalue weighted by molar-refractivity contribution is 8.03. The van der Waals surface area contributed by atoms with Gasteiger partial charge in [-0.05, 0) is 61.8 Å². The summed E-state index contributed by atoms with van der Waals surface area (Å²) in [6.45, 7) is 18.3. The molecular formula is C19H29NS. The summed E-state index contributed by atoms with van der Waals surface area (Å²) >= 11 is 2.01. The molecule has 2 rings (SSSR count). The maximum Gasteiger partial charge on any atom is 0.0582 e. The molecule has 1 aliphatic heterocycles. The maximum atomic E-state index is 2.46. The third kappa shape index (κ3) is 2.52. The van der Waals surface area contributed by atoms with Crippen molar-refractivity contribution in [1.29, 1.82) is 0 Å². The van der Waals surface area contributed by atoms with Gasteiger partial charge in [-0.1, -0.05) is 39.5 Å². The number of fused-ring (bicyclic) bond motifs is 1. The van der Waals surface area contributed by atoms with Gasteiger partial charge in [-0.2, -0.15) is 0 Å². The third-order valence-corrected chi connectivity index (χ3v) is 6.43. The smallest absolute Gasteiger partial charge is 0.0582 e. The number of hydrogen-bond donors (Lipinski definition) is 0. The lowest BCUT2D eigenvalue weighted by Crippen LogP contribution is -2.28. The molecule has 21 heavy (non-hydrogen) atoms. The Bertz CT molecular complexity index is 609. The van der Waals surface area contributed by atoms with Crippen LogP contribution in [0.25, 0.3) is 0 Å². The first-order valence-electron chi connectivity index (χ1n) is 7.94. The fourth-order valence-electron chi connectivity index (χ4n) is 3.32. The molecule has 0 radical (unpaired) electrons. The van der Waals surface area contributed by atoms with Crippen LogP contribution < -0.4 is 4.90 Å². The molecule has 0 aliphatic carbocycles. The highest BCUT2D eigenvalue weighted by Crippen LogP contribution is 2.51. The normalized spacial score (nSPS) is 15.3. The van der Waals surface area contributed by atoms with Gasteiger partial charge in [0.15, 0.2) is 0 Å². The van der Waals surface area contributed by atoms with Gasteiger partial charge in [-0.15, -0.1) is 0 Å². The molecule has 0 bridgehead atoms. The SMILES string of the molecule is Cc1c(C)c(C)c2c(c1C)SC(C(C)C)=C(C(C)C)N2C. The Morgan fingerprint density at radius 2 is 1.29 bits per heavy atom. The van der Waals surface area contributed by atoms with Gasteiger partial charge < -0.3 is 4.90 Å². The van der Waals surface area contributed by atoms with Gasteiger partial charge >= 0.3 is 0 Å². The zero-order valence-electron chi connectivity index (χ0n) is 15.0. The van der Waals surface area contributed by atoms with Gasteiger partial charge in [0, 0.05) is 22.5 Å². The average Bonchev–Trinajstić information content (AvgIpc) is 2.41. The summed E-state index contributed by atoms with van der Waals surface area (Å²) < 4.78 is 0. The minimum Gasteiger partial charge on any atom is -0.346 e. The summed E-state index contributed by atoms with van der Waals surface area (Å²) in [5, 5.41) is 0. The molecule has 0 fully saturated rings. The molecule has 0 aromatic heterocycles. The number of hydrogen-bond acceptors (Lipinski definition) is 2. The van der Waals surface area contributed by atoms with Crippen molar-refractivity contribution < 1.29 is 0 Å². The van der Waals surface area contributed by atoms with Crippen molar-refractivity contribution >= 4 is 17.4 Å². The van der Waals surface area contributed by atoms with Crippen LogP contribution in [0.5, 0.6) is 0 Å². The van der Waals surface area contributed by atoms with E-state index in [-0.39, 0.29) is 0 Å². The van der Waals surface area contributed by atoms with E-state index < -0.39 is 0 Å². The van der Waals surface area contributed by atoms with E-state index >= 15 is 0 Å². The Morgan fingerprint density at radius 1 is 0.762 bits per heavy atom. The van der Waals surface area contributed by atoms with Gasteiger partial charge in [0.05, 0.1) is 5.69 Å². The second-order valence-electron chi connectivity index (χ2n) is 6.90. The zero-order chi connectivity index (χ0) is 16.1. The molecule has 1 aromatic rings. The Labute approximate surface area is 134 Å². The van der Waals surface area contributed by atoms with Crippen LogP contribution in [0.2, 0.25) is 0 Å². The quantitative estimate of drug-likeness (QED) is 0.660. The van der Waals surface area contributed by atoms with Crippen molar-refractivity contribution in [3.8, 4) is 0 Å². The van der Waals surface area contributed by atoms with Gasteiger partial charge in [-0.3, -0.25) is 0 Å². The van der Waals surface area contributed by atoms with Crippen LogP contribution in [0.3, 0.4) is 0 Å². The van der Waals surface area contributed by atoms with Crippen molar-refractivity contribution in [1.82, 2.24) is 0 Å². The summed E-state index contributed by atoms with van der Waals surface area (Å²) in [4.78, 5) is 5.46. The Hall–Kier alpha value is -0.890. The zero-order valence-corrected chi connectivity index (χ0v) is 15.8. The first-order chi connectivity index (χ1) is 9.68. The molecule has 2 heteroatoms. The Balaban J connectivity index is 2.76. The van der Waals surface area contributed by atoms with E-state index in [1.54, 1.807) is 0 Å². The van der Waals surface area contributed by atoms with E-state index in [1.807, 2.05) is 11.8 Å². The lowest BCUT2D eigenvalue weighted by molar-refractivity contribution is 0.688. The van der Waals surface area contributed by atoms with Crippen LogP contribution in [0.1, 0.15) is 49.9 Å². The van der Waals surface area contributed by atoms with Crippen LogP contribution in [0.15, 0.2) is 15.5 Å². The summed E-state index contributed by atoms with van der Waals surface area (Å²) in [5.74, 6) is 1.12. The number of thioether (sulfide) groups is 1. The van der Waals surface area contributed by atoms with E-state index in [0.29, 0.717) is 11.8 Å². The summed E-state index contributed by atoms with van der Waals surface area (Å²) in [7, 11) is 2.25. The minimum absolute atomic E-state index is 0.550. The van der Waals surface area contributed by atoms with Crippen molar-refractivity contribution in [3.63, 3.8) is 0 Å². The molecule has 0 saturated heterocycles. The number of rotatable bonds is 2. The second-order valence-corrected chi connectivity index (χ2v) is 7.95. The molecule has 0 unspecified atom stereocenters. The maximum absolute atomic E-state index is 2.46.